The Morgan fingerprint density at radius 1 is 1.44 bits per heavy atom. The number of hydrogen-bond donors (Lipinski definition) is 1. The van der Waals surface area contributed by atoms with Crippen molar-refractivity contribution in [3.63, 3.8) is 0 Å². The van der Waals surface area contributed by atoms with E-state index in [1.165, 1.54) is 22.7 Å². The third-order valence-electron chi connectivity index (χ3n) is 1.76. The Kier molecular flexibility index (Phi) is 5.19. The Hall–Kier alpha value is 0.0400. The lowest BCUT2D eigenvalue weighted by Crippen LogP contribution is -2.09. The number of nitrogens with one attached hydrogen (secondary N) is 1. The number of halogens is 2. The van der Waals surface area contributed by atoms with Crippen LogP contribution in [0.15, 0.2) is 18.7 Å². The smallest absolute Gasteiger partial charge is 0.267 e. The van der Waals surface area contributed by atoms with Crippen molar-refractivity contribution in [1.82, 2.24) is 10.2 Å². The van der Waals surface area contributed by atoms with Crippen LogP contribution in [0.5, 0.6) is 0 Å². The molecule has 0 aromatic carbocycles. The Labute approximate surface area is 133 Å². The molecule has 0 bridgehead atoms. The van der Waals surface area contributed by atoms with E-state index in [9.17, 15) is 4.79 Å². The number of nitrogens with zero attached hydrogens (tertiary/aromatic N) is 2. The van der Waals surface area contributed by atoms with E-state index >= 15 is 0 Å². The molecule has 1 amide bonds. The van der Waals surface area contributed by atoms with Crippen LogP contribution in [0.3, 0.4) is 0 Å². The second-order valence-electron chi connectivity index (χ2n) is 2.99. The lowest BCUT2D eigenvalue weighted by molar-refractivity contribution is 0.103. The van der Waals surface area contributed by atoms with Crippen molar-refractivity contribution in [2.45, 2.75) is 11.3 Å². The van der Waals surface area contributed by atoms with Gasteiger partial charge in [-0.2, -0.15) is 0 Å². The maximum Gasteiger partial charge on any atom is 0.267 e. The van der Waals surface area contributed by atoms with Gasteiger partial charge >= 0.3 is 0 Å². The molecule has 0 unspecified atom stereocenters. The van der Waals surface area contributed by atoms with Crippen molar-refractivity contribution in [2.75, 3.05) is 11.1 Å². The van der Waals surface area contributed by atoms with Gasteiger partial charge in [0.2, 0.25) is 5.13 Å². The molecule has 0 aliphatic heterocycles. The average Bonchev–Trinajstić information content (AvgIpc) is 2.88. The summed E-state index contributed by atoms with van der Waals surface area (Å²) in [4.78, 5) is 12.6. The summed E-state index contributed by atoms with van der Waals surface area (Å²) in [6.07, 6.45) is 0. The molecular formula is C9H7Br2N3OS3. The summed E-state index contributed by atoms with van der Waals surface area (Å²) in [6.45, 7) is 2.05. The Balaban J connectivity index is 2.06. The molecule has 0 fully saturated rings. The van der Waals surface area contributed by atoms with Crippen molar-refractivity contribution >= 4 is 77.3 Å². The van der Waals surface area contributed by atoms with E-state index in [1.54, 1.807) is 17.8 Å². The summed E-state index contributed by atoms with van der Waals surface area (Å²) in [5.41, 5.74) is 0. The fraction of sp³-hybridized carbons (Fsp3) is 0.222. The minimum atomic E-state index is -0.171. The molecule has 2 rings (SSSR count). The van der Waals surface area contributed by atoms with Crippen molar-refractivity contribution < 1.29 is 4.79 Å². The minimum absolute atomic E-state index is 0.171. The van der Waals surface area contributed by atoms with Crippen molar-refractivity contribution in [3.8, 4) is 0 Å². The number of carbonyl (C=O) groups is 1. The number of amides is 1. The number of carbonyl (C=O) groups excluding carboxylic acids is 1. The first-order valence-corrected chi connectivity index (χ1v) is 9.03. The average molecular weight is 429 g/mol. The monoisotopic (exact) mass is 427 g/mol. The van der Waals surface area contributed by atoms with Gasteiger partial charge in [0.25, 0.3) is 5.91 Å². The second kappa shape index (κ2) is 6.47. The number of hydrogen-bond acceptors (Lipinski definition) is 6. The maximum absolute atomic E-state index is 11.9. The fourth-order valence-electron chi connectivity index (χ4n) is 1.06. The van der Waals surface area contributed by atoms with Gasteiger partial charge in [0, 0.05) is 4.47 Å². The normalized spacial score (nSPS) is 10.6. The molecule has 2 heterocycles. The van der Waals surface area contributed by atoms with E-state index in [1.807, 2.05) is 6.92 Å². The molecule has 9 heteroatoms. The quantitative estimate of drug-likeness (QED) is 0.575. The van der Waals surface area contributed by atoms with Crippen LogP contribution < -0.4 is 5.32 Å². The predicted molar refractivity (Wildman–Crippen MR) is 84.0 cm³/mol. The van der Waals surface area contributed by atoms with Crippen molar-refractivity contribution in [3.05, 3.63) is 19.2 Å². The summed E-state index contributed by atoms with van der Waals surface area (Å²) in [5, 5.41) is 11.2. The molecule has 0 spiro atoms. The fourth-order valence-corrected chi connectivity index (χ4v) is 4.63. The zero-order chi connectivity index (χ0) is 13.1. The van der Waals surface area contributed by atoms with E-state index in [0.717, 1.165) is 18.4 Å². The summed E-state index contributed by atoms with van der Waals surface area (Å²) >= 11 is 11.1. The lowest BCUT2D eigenvalue weighted by Gasteiger charge is -1.96. The lowest BCUT2D eigenvalue weighted by atomic mass is 10.4. The molecule has 18 heavy (non-hydrogen) atoms. The molecule has 2 aromatic heterocycles. The second-order valence-corrected chi connectivity index (χ2v) is 8.71. The van der Waals surface area contributed by atoms with E-state index in [0.29, 0.717) is 10.0 Å². The third-order valence-corrected chi connectivity index (χ3v) is 6.87. The molecule has 1 N–H and O–H groups in total. The molecule has 4 nitrogen and oxygen atoms in total. The molecule has 2 aromatic rings. The van der Waals surface area contributed by atoms with Crippen LogP contribution in [0.4, 0.5) is 5.13 Å². The molecule has 96 valence electrons. The van der Waals surface area contributed by atoms with Gasteiger partial charge in [-0.1, -0.05) is 30.0 Å². The van der Waals surface area contributed by atoms with Gasteiger partial charge in [0.05, 0.1) is 8.66 Å². The van der Waals surface area contributed by atoms with Crippen LogP contribution in [0.2, 0.25) is 0 Å². The number of rotatable bonds is 4. The summed E-state index contributed by atoms with van der Waals surface area (Å²) < 4.78 is 2.63. The number of aromatic nitrogens is 2. The highest BCUT2D eigenvalue weighted by atomic mass is 79.9. The first kappa shape index (κ1) is 14.4. The number of thioether (sulfide) groups is 1. The Morgan fingerprint density at radius 3 is 2.83 bits per heavy atom. The first-order valence-electron chi connectivity index (χ1n) is 4.82. The van der Waals surface area contributed by atoms with Gasteiger partial charge in [-0.05, 0) is 43.7 Å². The predicted octanol–water partition coefficient (Wildman–Crippen LogP) is 4.49. The molecule has 0 aliphatic rings. The van der Waals surface area contributed by atoms with Gasteiger partial charge in [-0.15, -0.1) is 21.5 Å². The highest BCUT2D eigenvalue weighted by molar-refractivity contribution is 9.13. The third kappa shape index (κ3) is 3.53. The largest absolute Gasteiger partial charge is 0.296 e. The van der Waals surface area contributed by atoms with Crippen LogP contribution in [-0.2, 0) is 0 Å². The highest BCUT2D eigenvalue weighted by Crippen LogP contribution is 2.33. The molecule has 0 saturated heterocycles. The van der Waals surface area contributed by atoms with Gasteiger partial charge < -0.3 is 0 Å². The Morgan fingerprint density at radius 2 is 2.22 bits per heavy atom. The van der Waals surface area contributed by atoms with E-state index in [2.05, 4.69) is 47.4 Å². The van der Waals surface area contributed by atoms with Gasteiger partial charge in [-0.25, -0.2) is 0 Å². The van der Waals surface area contributed by atoms with Crippen LogP contribution in [0, 0.1) is 0 Å². The van der Waals surface area contributed by atoms with Crippen molar-refractivity contribution in [1.29, 1.82) is 0 Å². The topological polar surface area (TPSA) is 54.9 Å². The molecule has 0 radical (unpaired) electrons. The summed E-state index contributed by atoms with van der Waals surface area (Å²) in [5.74, 6) is 0.767. The molecular weight excluding hydrogens is 422 g/mol. The Bertz CT molecular complexity index is 550. The number of thiophene rings is 1. The van der Waals surface area contributed by atoms with Gasteiger partial charge in [-0.3, -0.25) is 10.1 Å². The maximum atomic E-state index is 11.9. The minimum Gasteiger partial charge on any atom is -0.296 e. The highest BCUT2D eigenvalue weighted by Gasteiger charge is 2.14. The summed E-state index contributed by atoms with van der Waals surface area (Å²) in [7, 11) is 0. The first-order chi connectivity index (χ1) is 8.60. The van der Waals surface area contributed by atoms with Gasteiger partial charge in [0.15, 0.2) is 4.34 Å². The van der Waals surface area contributed by atoms with E-state index in [4.69, 9.17) is 0 Å². The van der Waals surface area contributed by atoms with Crippen LogP contribution >= 0.6 is 66.3 Å². The number of anilines is 1. The molecule has 0 saturated carbocycles. The van der Waals surface area contributed by atoms with Crippen LogP contribution in [0.1, 0.15) is 16.6 Å². The zero-order valence-electron chi connectivity index (χ0n) is 9.07. The SMILES string of the molecule is CCSc1nnc(NC(=O)c2cc(Br)c(Br)s2)s1. The standard InChI is InChI=1S/C9H7Br2N3OS3/c1-2-16-9-14-13-8(18-9)12-7(15)5-3-4(10)6(11)17-5/h3H,2H2,1H3,(H,12,13,15). The van der Waals surface area contributed by atoms with E-state index < -0.39 is 0 Å². The van der Waals surface area contributed by atoms with E-state index in [-0.39, 0.29) is 5.91 Å². The molecule has 0 atom stereocenters. The van der Waals surface area contributed by atoms with Crippen molar-refractivity contribution in [2.24, 2.45) is 0 Å². The molecule has 0 aliphatic carbocycles. The zero-order valence-corrected chi connectivity index (χ0v) is 14.7. The van der Waals surface area contributed by atoms with Crippen LogP contribution in [0.25, 0.3) is 0 Å². The van der Waals surface area contributed by atoms with Crippen LogP contribution in [-0.4, -0.2) is 21.9 Å². The summed E-state index contributed by atoms with van der Waals surface area (Å²) in [6, 6.07) is 1.77. The van der Waals surface area contributed by atoms with Gasteiger partial charge in [0.1, 0.15) is 0 Å².